The minimum Gasteiger partial charge on any atom is -0.355 e. The summed E-state index contributed by atoms with van der Waals surface area (Å²) in [4.78, 5) is 29.7. The van der Waals surface area contributed by atoms with Crippen molar-refractivity contribution in [2.45, 2.75) is 57.9 Å². The first-order valence-electron chi connectivity index (χ1n) is 9.64. The zero-order chi connectivity index (χ0) is 18.1. The second-order valence-electron chi connectivity index (χ2n) is 7.03. The average molecular weight is 351 g/mol. The van der Waals surface area contributed by atoms with Gasteiger partial charge in [-0.2, -0.15) is 0 Å². The van der Waals surface area contributed by atoms with Crippen LogP contribution in [0, 0.1) is 5.92 Å². The van der Waals surface area contributed by atoms with Crippen LogP contribution in [0.5, 0.6) is 0 Å². The second-order valence-corrected chi connectivity index (χ2v) is 7.03. The van der Waals surface area contributed by atoms with Gasteiger partial charge in [-0.15, -0.1) is 0 Å². The molecular formula is C18H33N5O2. The maximum atomic E-state index is 11.9. The fraction of sp³-hybridized carbons (Fsp3) is 0.833. The van der Waals surface area contributed by atoms with Crippen LogP contribution in [0.1, 0.15) is 51.9 Å². The molecule has 1 atom stereocenters. The van der Waals surface area contributed by atoms with Crippen LogP contribution in [-0.2, 0) is 9.59 Å². The van der Waals surface area contributed by atoms with Crippen molar-refractivity contribution in [3.05, 3.63) is 0 Å². The third kappa shape index (κ3) is 6.55. The number of rotatable bonds is 7. The molecule has 0 aromatic heterocycles. The lowest BCUT2D eigenvalue weighted by Gasteiger charge is -2.19. The highest BCUT2D eigenvalue weighted by Crippen LogP contribution is 2.27. The van der Waals surface area contributed by atoms with Crippen LogP contribution in [0.15, 0.2) is 4.99 Å². The summed E-state index contributed by atoms with van der Waals surface area (Å²) in [7, 11) is 1.73. The topological polar surface area (TPSA) is 85.8 Å². The van der Waals surface area contributed by atoms with Gasteiger partial charge < -0.3 is 20.9 Å². The van der Waals surface area contributed by atoms with E-state index >= 15 is 0 Å². The van der Waals surface area contributed by atoms with E-state index in [-0.39, 0.29) is 17.9 Å². The first-order chi connectivity index (χ1) is 12.1. The van der Waals surface area contributed by atoms with Gasteiger partial charge in [0.15, 0.2) is 5.96 Å². The number of carbonyl (C=O) groups is 2. The minimum atomic E-state index is 0.154. The fourth-order valence-corrected chi connectivity index (χ4v) is 3.65. The van der Waals surface area contributed by atoms with Crippen molar-refractivity contribution in [3.63, 3.8) is 0 Å². The molecule has 0 aromatic rings. The van der Waals surface area contributed by atoms with Gasteiger partial charge in [-0.05, 0) is 25.2 Å². The average Bonchev–Trinajstić information content (AvgIpc) is 3.28. The number of hydrogen-bond acceptors (Lipinski definition) is 3. The summed E-state index contributed by atoms with van der Waals surface area (Å²) in [6.45, 7) is 4.66. The molecule has 1 saturated heterocycles. The summed E-state index contributed by atoms with van der Waals surface area (Å²) < 4.78 is 0. The van der Waals surface area contributed by atoms with Gasteiger partial charge in [0.25, 0.3) is 0 Å². The molecule has 0 radical (unpaired) electrons. The zero-order valence-corrected chi connectivity index (χ0v) is 15.6. The van der Waals surface area contributed by atoms with Crippen LogP contribution in [0.2, 0.25) is 0 Å². The molecule has 2 amide bonds. The van der Waals surface area contributed by atoms with Crippen LogP contribution in [0.25, 0.3) is 0 Å². The van der Waals surface area contributed by atoms with Gasteiger partial charge in [-0.25, -0.2) is 0 Å². The summed E-state index contributed by atoms with van der Waals surface area (Å²) >= 11 is 0. The predicted octanol–water partition coefficient (Wildman–Crippen LogP) is 0.859. The van der Waals surface area contributed by atoms with E-state index in [0.29, 0.717) is 31.8 Å². The van der Waals surface area contributed by atoms with Gasteiger partial charge in [0.2, 0.25) is 11.8 Å². The van der Waals surface area contributed by atoms with Crippen molar-refractivity contribution >= 4 is 17.8 Å². The number of likely N-dealkylation sites (tertiary alicyclic amines) is 1. The van der Waals surface area contributed by atoms with Gasteiger partial charge in [-0.1, -0.05) is 19.8 Å². The maximum absolute atomic E-state index is 11.9. The minimum absolute atomic E-state index is 0.154. The maximum Gasteiger partial charge on any atom is 0.222 e. The van der Waals surface area contributed by atoms with E-state index < -0.39 is 0 Å². The van der Waals surface area contributed by atoms with Crippen molar-refractivity contribution in [1.82, 2.24) is 20.9 Å². The van der Waals surface area contributed by atoms with Crippen LogP contribution in [0.3, 0.4) is 0 Å². The van der Waals surface area contributed by atoms with Crippen molar-refractivity contribution in [3.8, 4) is 0 Å². The van der Waals surface area contributed by atoms with E-state index in [1.54, 1.807) is 7.05 Å². The lowest BCUT2D eigenvalue weighted by atomic mass is 10.0. The molecule has 1 unspecified atom stereocenters. The number of nitrogens with one attached hydrogen (secondary N) is 3. The van der Waals surface area contributed by atoms with Gasteiger partial charge in [0.05, 0.1) is 0 Å². The molecule has 3 N–H and O–H groups in total. The summed E-state index contributed by atoms with van der Waals surface area (Å²) in [6, 6.07) is 0.235. The van der Waals surface area contributed by atoms with E-state index in [2.05, 4.69) is 20.9 Å². The van der Waals surface area contributed by atoms with Crippen molar-refractivity contribution in [2.75, 3.05) is 33.2 Å². The Bertz CT molecular complexity index is 474. The number of hydrogen-bond donors (Lipinski definition) is 3. The first kappa shape index (κ1) is 19.5. The van der Waals surface area contributed by atoms with Crippen LogP contribution in [0.4, 0.5) is 0 Å². The number of carbonyl (C=O) groups excluding carboxylic acids is 2. The third-order valence-corrected chi connectivity index (χ3v) is 5.10. The smallest absolute Gasteiger partial charge is 0.222 e. The highest BCUT2D eigenvalue weighted by atomic mass is 16.2. The fourth-order valence-electron chi connectivity index (χ4n) is 3.65. The van der Waals surface area contributed by atoms with Crippen molar-refractivity contribution in [1.29, 1.82) is 0 Å². The molecule has 1 aliphatic heterocycles. The quantitative estimate of drug-likeness (QED) is 0.361. The molecule has 2 fully saturated rings. The van der Waals surface area contributed by atoms with E-state index in [0.717, 1.165) is 25.5 Å². The molecule has 0 bridgehead atoms. The highest BCUT2D eigenvalue weighted by molar-refractivity contribution is 5.81. The Morgan fingerprint density at radius 2 is 1.84 bits per heavy atom. The monoisotopic (exact) mass is 351 g/mol. The molecule has 7 heteroatoms. The Balaban J connectivity index is 1.59. The first-order valence-corrected chi connectivity index (χ1v) is 9.64. The Hall–Kier alpha value is -1.79. The van der Waals surface area contributed by atoms with Crippen LogP contribution >= 0.6 is 0 Å². The predicted molar refractivity (Wildman–Crippen MR) is 99.4 cm³/mol. The van der Waals surface area contributed by atoms with Crippen molar-refractivity contribution < 1.29 is 9.59 Å². The largest absolute Gasteiger partial charge is 0.355 e. The molecule has 1 heterocycles. The molecule has 1 aliphatic carbocycles. The molecule has 1 saturated carbocycles. The summed E-state index contributed by atoms with van der Waals surface area (Å²) in [6.07, 6.45) is 7.08. The second kappa shape index (κ2) is 10.3. The Kier molecular flexibility index (Phi) is 8.01. The molecule has 25 heavy (non-hydrogen) atoms. The van der Waals surface area contributed by atoms with Gasteiger partial charge in [0.1, 0.15) is 0 Å². The van der Waals surface area contributed by atoms with E-state index in [4.69, 9.17) is 0 Å². The standard InChI is InChI=1S/C18H33N5O2/c1-3-17(25)23-11-8-15(13-23)22-18(19-2)21-10-9-20-16(24)12-14-6-4-5-7-14/h14-15H,3-13H2,1-2H3,(H,20,24)(H2,19,21,22). The Morgan fingerprint density at radius 1 is 1.12 bits per heavy atom. The Morgan fingerprint density at radius 3 is 2.52 bits per heavy atom. The molecule has 2 aliphatic rings. The third-order valence-electron chi connectivity index (χ3n) is 5.10. The van der Waals surface area contributed by atoms with Gasteiger partial charge >= 0.3 is 0 Å². The molecule has 142 valence electrons. The summed E-state index contributed by atoms with van der Waals surface area (Å²) in [5.74, 6) is 1.66. The zero-order valence-electron chi connectivity index (χ0n) is 15.6. The van der Waals surface area contributed by atoms with E-state index in [1.807, 2.05) is 11.8 Å². The van der Waals surface area contributed by atoms with Crippen molar-refractivity contribution in [2.24, 2.45) is 10.9 Å². The van der Waals surface area contributed by atoms with Crippen LogP contribution < -0.4 is 16.0 Å². The lowest BCUT2D eigenvalue weighted by molar-refractivity contribution is -0.129. The van der Waals surface area contributed by atoms with Gasteiger partial charge in [-0.3, -0.25) is 14.6 Å². The molecule has 7 nitrogen and oxygen atoms in total. The van der Waals surface area contributed by atoms with Crippen LogP contribution in [-0.4, -0.2) is 61.9 Å². The van der Waals surface area contributed by atoms with E-state index in [9.17, 15) is 9.59 Å². The molecular weight excluding hydrogens is 318 g/mol. The normalized spacial score (nSPS) is 21.4. The number of aliphatic imine (C=N–C) groups is 1. The van der Waals surface area contributed by atoms with E-state index in [1.165, 1.54) is 25.7 Å². The Labute approximate surface area is 151 Å². The number of nitrogens with zero attached hydrogens (tertiary/aromatic N) is 2. The molecule has 2 rings (SSSR count). The highest BCUT2D eigenvalue weighted by Gasteiger charge is 2.25. The number of amides is 2. The molecule has 0 spiro atoms. The summed E-state index contributed by atoms with van der Waals surface area (Å²) in [5, 5.41) is 9.55. The van der Waals surface area contributed by atoms with Gasteiger partial charge in [0, 0.05) is 52.1 Å². The number of guanidine groups is 1. The lowest BCUT2D eigenvalue weighted by Crippen LogP contribution is -2.46. The summed E-state index contributed by atoms with van der Waals surface area (Å²) in [5.41, 5.74) is 0. The SMILES string of the molecule is CCC(=O)N1CCC(NC(=NC)NCCNC(=O)CC2CCCC2)C1. The molecule has 0 aromatic carbocycles.